The van der Waals surface area contributed by atoms with E-state index in [0.717, 1.165) is 22.5 Å². The Bertz CT molecular complexity index is 662. The van der Waals surface area contributed by atoms with Gasteiger partial charge in [0.05, 0.1) is 11.4 Å². The number of hydrogen-bond donors (Lipinski definition) is 2. The van der Waals surface area contributed by atoms with Crippen molar-refractivity contribution in [3.8, 4) is 22.5 Å². The maximum absolute atomic E-state index is 5.87. The monoisotopic (exact) mass is 271 g/mol. The van der Waals surface area contributed by atoms with Gasteiger partial charge in [-0.05, 0) is 30.3 Å². The molecule has 0 aliphatic rings. The number of halogens is 1. The number of nitrogens with one attached hydrogen (secondary N) is 1. The summed E-state index contributed by atoms with van der Waals surface area (Å²) < 4.78 is 0. The minimum absolute atomic E-state index is 0.440. The van der Waals surface area contributed by atoms with Crippen LogP contribution in [-0.4, -0.2) is 20.2 Å². The Hall–Kier alpha value is -2.40. The Morgan fingerprint density at radius 2 is 1.79 bits per heavy atom. The number of hydrogen-bond acceptors (Lipinski definition) is 4. The molecule has 0 aromatic carbocycles. The fraction of sp³-hybridized carbons (Fsp3) is 0. The number of H-pyrrole nitrogens is 1. The van der Waals surface area contributed by atoms with Gasteiger partial charge >= 0.3 is 0 Å². The Kier molecular flexibility index (Phi) is 2.89. The topological polar surface area (TPSA) is 80.5 Å². The molecular formula is C13H10ClN5. The molecule has 3 N–H and O–H groups in total. The molecule has 0 radical (unpaired) electrons. The molecule has 0 spiro atoms. The van der Waals surface area contributed by atoms with Crippen LogP contribution in [0.15, 0.2) is 42.7 Å². The fourth-order valence-electron chi connectivity index (χ4n) is 1.80. The summed E-state index contributed by atoms with van der Waals surface area (Å²) in [4.78, 5) is 7.90. The highest BCUT2D eigenvalue weighted by Gasteiger charge is 2.07. The standard InChI is InChI=1S/C13H10ClN5/c14-12-5-8(1-3-16-12)10-7-11(19-18-10)9-2-4-17-13(15)6-9/h1-7H,(H2,15,17)(H,18,19). The second kappa shape index (κ2) is 4.70. The Labute approximate surface area is 114 Å². The number of aromatic nitrogens is 4. The molecular weight excluding hydrogens is 262 g/mol. The first-order valence-corrected chi connectivity index (χ1v) is 5.99. The molecule has 3 rings (SSSR count). The summed E-state index contributed by atoms with van der Waals surface area (Å²) in [7, 11) is 0. The van der Waals surface area contributed by atoms with Crippen LogP contribution >= 0.6 is 11.6 Å². The lowest BCUT2D eigenvalue weighted by Crippen LogP contribution is -1.89. The van der Waals surface area contributed by atoms with E-state index < -0.39 is 0 Å². The van der Waals surface area contributed by atoms with Gasteiger partial charge in [-0.25, -0.2) is 9.97 Å². The van der Waals surface area contributed by atoms with Crippen LogP contribution in [0, 0.1) is 0 Å². The van der Waals surface area contributed by atoms with E-state index in [1.165, 1.54) is 0 Å². The van der Waals surface area contributed by atoms with E-state index in [9.17, 15) is 0 Å². The zero-order chi connectivity index (χ0) is 13.2. The van der Waals surface area contributed by atoms with Crippen LogP contribution < -0.4 is 5.73 Å². The number of rotatable bonds is 2. The van der Waals surface area contributed by atoms with Crippen molar-refractivity contribution in [2.75, 3.05) is 5.73 Å². The zero-order valence-electron chi connectivity index (χ0n) is 9.84. The summed E-state index contributed by atoms with van der Waals surface area (Å²) in [5.74, 6) is 0.473. The highest BCUT2D eigenvalue weighted by atomic mass is 35.5. The van der Waals surface area contributed by atoms with E-state index in [2.05, 4.69) is 20.2 Å². The van der Waals surface area contributed by atoms with Crippen LogP contribution in [0.1, 0.15) is 0 Å². The first kappa shape index (κ1) is 11.7. The third-order valence-electron chi connectivity index (χ3n) is 2.69. The van der Waals surface area contributed by atoms with Crippen molar-refractivity contribution in [2.45, 2.75) is 0 Å². The molecule has 3 aromatic heterocycles. The quantitative estimate of drug-likeness (QED) is 0.702. The second-order valence-electron chi connectivity index (χ2n) is 4.00. The average Bonchev–Trinajstić information content (AvgIpc) is 2.88. The molecule has 0 aliphatic carbocycles. The lowest BCUT2D eigenvalue weighted by atomic mass is 10.1. The van der Waals surface area contributed by atoms with Gasteiger partial charge in [0.15, 0.2) is 0 Å². The minimum Gasteiger partial charge on any atom is -0.384 e. The predicted molar refractivity (Wildman–Crippen MR) is 74.5 cm³/mol. The zero-order valence-corrected chi connectivity index (χ0v) is 10.6. The molecule has 3 aromatic rings. The first-order chi connectivity index (χ1) is 9.22. The van der Waals surface area contributed by atoms with Gasteiger partial charge in [0.25, 0.3) is 0 Å². The van der Waals surface area contributed by atoms with E-state index in [1.54, 1.807) is 24.5 Å². The minimum atomic E-state index is 0.440. The molecule has 19 heavy (non-hydrogen) atoms. The van der Waals surface area contributed by atoms with Gasteiger partial charge in [0, 0.05) is 23.5 Å². The molecule has 6 heteroatoms. The number of nitrogen functional groups attached to an aromatic ring is 1. The highest BCUT2D eigenvalue weighted by molar-refractivity contribution is 6.29. The second-order valence-corrected chi connectivity index (χ2v) is 4.39. The van der Waals surface area contributed by atoms with Crippen molar-refractivity contribution in [3.05, 3.63) is 47.9 Å². The predicted octanol–water partition coefficient (Wildman–Crippen LogP) is 2.77. The van der Waals surface area contributed by atoms with Crippen molar-refractivity contribution in [2.24, 2.45) is 0 Å². The Balaban J connectivity index is 2.00. The number of pyridine rings is 2. The van der Waals surface area contributed by atoms with E-state index in [0.29, 0.717) is 11.0 Å². The van der Waals surface area contributed by atoms with Crippen LogP contribution in [0.3, 0.4) is 0 Å². The molecule has 0 bridgehead atoms. The van der Waals surface area contributed by atoms with Crippen molar-refractivity contribution < 1.29 is 0 Å². The van der Waals surface area contributed by atoms with Gasteiger partial charge in [0.1, 0.15) is 11.0 Å². The maximum atomic E-state index is 5.87. The molecule has 0 fully saturated rings. The molecule has 94 valence electrons. The van der Waals surface area contributed by atoms with Crippen LogP contribution in [0.4, 0.5) is 5.82 Å². The summed E-state index contributed by atoms with van der Waals surface area (Å²) in [5, 5.41) is 7.67. The number of nitrogens with zero attached hydrogens (tertiary/aromatic N) is 3. The smallest absolute Gasteiger partial charge is 0.129 e. The Morgan fingerprint density at radius 1 is 1.00 bits per heavy atom. The van der Waals surface area contributed by atoms with Gasteiger partial charge in [-0.1, -0.05) is 11.6 Å². The van der Waals surface area contributed by atoms with Gasteiger partial charge in [-0.2, -0.15) is 5.10 Å². The molecule has 0 aliphatic heterocycles. The number of nitrogens with two attached hydrogens (primary N) is 1. The van der Waals surface area contributed by atoms with Crippen LogP contribution in [0.2, 0.25) is 5.15 Å². The summed E-state index contributed by atoms with van der Waals surface area (Å²) in [6, 6.07) is 9.21. The molecule has 0 saturated carbocycles. The van der Waals surface area contributed by atoms with Gasteiger partial charge in [0.2, 0.25) is 0 Å². The highest BCUT2D eigenvalue weighted by Crippen LogP contribution is 2.25. The molecule has 5 nitrogen and oxygen atoms in total. The maximum Gasteiger partial charge on any atom is 0.129 e. The van der Waals surface area contributed by atoms with Crippen molar-refractivity contribution in [1.82, 2.24) is 20.2 Å². The molecule has 0 saturated heterocycles. The third-order valence-corrected chi connectivity index (χ3v) is 2.90. The lowest BCUT2D eigenvalue weighted by molar-refractivity contribution is 1.10. The van der Waals surface area contributed by atoms with E-state index >= 15 is 0 Å². The molecule has 0 unspecified atom stereocenters. The third kappa shape index (κ3) is 2.41. The van der Waals surface area contributed by atoms with Gasteiger partial charge < -0.3 is 5.73 Å². The van der Waals surface area contributed by atoms with Gasteiger partial charge in [-0.3, -0.25) is 5.10 Å². The Morgan fingerprint density at radius 3 is 2.58 bits per heavy atom. The van der Waals surface area contributed by atoms with Crippen LogP contribution in [0.5, 0.6) is 0 Å². The summed E-state index contributed by atoms with van der Waals surface area (Å²) in [6.07, 6.45) is 3.31. The normalized spacial score (nSPS) is 10.6. The van der Waals surface area contributed by atoms with Gasteiger partial charge in [-0.15, -0.1) is 0 Å². The summed E-state index contributed by atoms with van der Waals surface area (Å²) in [5.41, 5.74) is 9.18. The largest absolute Gasteiger partial charge is 0.384 e. The van der Waals surface area contributed by atoms with E-state index in [1.807, 2.05) is 18.2 Å². The van der Waals surface area contributed by atoms with Crippen molar-refractivity contribution in [3.63, 3.8) is 0 Å². The first-order valence-electron chi connectivity index (χ1n) is 5.61. The van der Waals surface area contributed by atoms with Crippen LogP contribution in [0.25, 0.3) is 22.5 Å². The van der Waals surface area contributed by atoms with Crippen molar-refractivity contribution in [1.29, 1.82) is 0 Å². The summed E-state index contributed by atoms with van der Waals surface area (Å²) >= 11 is 5.87. The lowest BCUT2D eigenvalue weighted by Gasteiger charge is -1.97. The van der Waals surface area contributed by atoms with Crippen molar-refractivity contribution >= 4 is 17.4 Å². The molecule has 3 heterocycles. The number of anilines is 1. The summed E-state index contributed by atoms with van der Waals surface area (Å²) in [6.45, 7) is 0. The average molecular weight is 272 g/mol. The molecule has 0 atom stereocenters. The fourth-order valence-corrected chi connectivity index (χ4v) is 1.97. The number of aromatic amines is 1. The SMILES string of the molecule is Nc1cc(-c2cc(-c3ccnc(Cl)c3)n[nH]2)ccn1. The molecule has 0 amide bonds. The van der Waals surface area contributed by atoms with E-state index in [4.69, 9.17) is 17.3 Å². The van der Waals surface area contributed by atoms with Crippen LogP contribution in [-0.2, 0) is 0 Å². The van der Waals surface area contributed by atoms with E-state index in [-0.39, 0.29) is 0 Å².